The van der Waals surface area contributed by atoms with E-state index in [2.05, 4.69) is 55.8 Å². The highest BCUT2D eigenvalue weighted by molar-refractivity contribution is 5.98. The van der Waals surface area contributed by atoms with E-state index in [4.69, 9.17) is 9.72 Å². The zero-order chi connectivity index (χ0) is 35.0. The van der Waals surface area contributed by atoms with Crippen molar-refractivity contribution in [2.24, 2.45) is 11.3 Å². The van der Waals surface area contributed by atoms with E-state index in [9.17, 15) is 14.7 Å². The molecule has 1 fully saturated rings. The predicted octanol–water partition coefficient (Wildman–Crippen LogP) is 8.93. The van der Waals surface area contributed by atoms with Gasteiger partial charge in [0.2, 0.25) is 0 Å². The monoisotopic (exact) mass is 669 g/mol. The molecule has 0 unspecified atom stereocenters. The second-order valence-electron chi connectivity index (χ2n) is 15.2. The zero-order valence-corrected chi connectivity index (χ0v) is 29.5. The standard InChI is InChI=1S/C43H47N3O4/c1-28(2)30-14-17-35-31(22-30)16-19-38-42(3,20-9-21-43(35,38)4)27-46-37-18-15-33(41(49)44-25-29-10-6-5-7-11-29)24-36(37)45-40(46)32-12-8-13-34(23-32)50-26-39(47)48/h5-8,10-15,17-18,22-24,28,38H,9,16,19-21,25-27H2,1-4H3,(H,44,49)(H,47,48)/t38-,42+,43+/m0/s1. The summed E-state index contributed by atoms with van der Waals surface area (Å²) < 4.78 is 7.91. The minimum atomic E-state index is -1.02. The quantitative estimate of drug-likeness (QED) is 0.155. The maximum Gasteiger partial charge on any atom is 0.341 e. The van der Waals surface area contributed by atoms with E-state index in [1.54, 1.807) is 6.07 Å². The molecule has 0 saturated heterocycles. The van der Waals surface area contributed by atoms with Gasteiger partial charge in [-0.25, -0.2) is 9.78 Å². The van der Waals surface area contributed by atoms with Crippen molar-refractivity contribution in [3.8, 4) is 17.1 Å². The molecule has 2 aliphatic carbocycles. The molecule has 7 heteroatoms. The van der Waals surface area contributed by atoms with Crippen molar-refractivity contribution in [1.29, 1.82) is 0 Å². The highest BCUT2D eigenvalue weighted by Crippen LogP contribution is 2.58. The van der Waals surface area contributed by atoms with Crippen LogP contribution in [-0.4, -0.2) is 33.1 Å². The van der Waals surface area contributed by atoms with Crippen molar-refractivity contribution in [2.45, 2.75) is 84.2 Å². The Labute approximate surface area is 294 Å². The Morgan fingerprint density at radius 3 is 2.58 bits per heavy atom. The van der Waals surface area contributed by atoms with Crippen molar-refractivity contribution >= 4 is 22.9 Å². The normalized spacial score (nSPS) is 21.4. The third kappa shape index (κ3) is 6.41. The van der Waals surface area contributed by atoms with E-state index >= 15 is 0 Å². The van der Waals surface area contributed by atoms with Crippen LogP contribution in [0.4, 0.5) is 0 Å². The zero-order valence-electron chi connectivity index (χ0n) is 29.5. The van der Waals surface area contributed by atoms with Crippen LogP contribution in [0.2, 0.25) is 0 Å². The van der Waals surface area contributed by atoms with Crippen molar-refractivity contribution in [1.82, 2.24) is 14.9 Å². The SMILES string of the molecule is CC(C)c1ccc2c(c1)CC[C@H]1[C@@](C)(Cn3c(-c4cccc(OCC(=O)O)c4)nc4cc(C(=O)NCc5ccccc5)ccc43)CCC[C@]21C. The van der Waals surface area contributed by atoms with Gasteiger partial charge in [0.15, 0.2) is 6.61 Å². The Morgan fingerprint density at radius 2 is 1.80 bits per heavy atom. The predicted molar refractivity (Wildman–Crippen MR) is 198 cm³/mol. The molecule has 4 aromatic carbocycles. The van der Waals surface area contributed by atoms with Gasteiger partial charge in [0, 0.05) is 24.2 Å². The summed E-state index contributed by atoms with van der Waals surface area (Å²) in [6.45, 7) is 10.3. The van der Waals surface area contributed by atoms with Gasteiger partial charge in [-0.2, -0.15) is 0 Å². The maximum atomic E-state index is 13.3. The third-order valence-electron chi connectivity index (χ3n) is 11.4. The summed E-state index contributed by atoms with van der Waals surface area (Å²) in [6.07, 6.45) is 5.69. The number of nitrogens with one attached hydrogen (secondary N) is 1. The van der Waals surface area contributed by atoms with E-state index in [-0.39, 0.29) is 16.7 Å². The number of ether oxygens (including phenoxy) is 1. The number of carbonyl (C=O) groups is 2. The van der Waals surface area contributed by atoms with Crippen molar-refractivity contribution < 1.29 is 19.4 Å². The fourth-order valence-electron chi connectivity index (χ4n) is 8.96. The number of imidazole rings is 1. The van der Waals surface area contributed by atoms with Crippen LogP contribution < -0.4 is 10.1 Å². The van der Waals surface area contributed by atoms with Gasteiger partial charge in [0.25, 0.3) is 5.91 Å². The molecule has 2 N–H and O–H groups in total. The maximum absolute atomic E-state index is 13.3. The fraction of sp³-hybridized carbons (Fsp3) is 0.372. The molecule has 3 atom stereocenters. The summed E-state index contributed by atoms with van der Waals surface area (Å²) in [5.41, 5.74) is 8.70. The summed E-state index contributed by atoms with van der Waals surface area (Å²) >= 11 is 0. The largest absolute Gasteiger partial charge is 0.482 e. The molecule has 1 saturated carbocycles. The van der Waals surface area contributed by atoms with Gasteiger partial charge in [-0.3, -0.25) is 4.79 Å². The average molecular weight is 670 g/mol. The molecule has 1 heterocycles. The highest BCUT2D eigenvalue weighted by Gasteiger charge is 2.52. The molecule has 258 valence electrons. The molecular formula is C43H47N3O4. The molecule has 1 amide bonds. The highest BCUT2D eigenvalue weighted by atomic mass is 16.5. The average Bonchev–Trinajstić information content (AvgIpc) is 3.46. The van der Waals surface area contributed by atoms with Crippen LogP contribution in [-0.2, 0) is 29.7 Å². The molecule has 0 spiro atoms. The van der Waals surface area contributed by atoms with Crippen molar-refractivity contribution in [2.75, 3.05) is 6.61 Å². The van der Waals surface area contributed by atoms with Gasteiger partial charge in [0.1, 0.15) is 11.6 Å². The molecule has 50 heavy (non-hydrogen) atoms. The smallest absolute Gasteiger partial charge is 0.341 e. The summed E-state index contributed by atoms with van der Waals surface area (Å²) in [7, 11) is 0. The third-order valence-corrected chi connectivity index (χ3v) is 11.4. The van der Waals surface area contributed by atoms with E-state index in [1.807, 2.05) is 66.7 Å². The van der Waals surface area contributed by atoms with Crippen LogP contribution in [0.15, 0.2) is 91.0 Å². The molecule has 0 aliphatic heterocycles. The first-order chi connectivity index (χ1) is 24.0. The van der Waals surface area contributed by atoms with Gasteiger partial charge in [-0.05, 0) is 101 Å². The molecule has 5 aromatic rings. The van der Waals surface area contributed by atoms with Crippen molar-refractivity contribution in [3.63, 3.8) is 0 Å². The van der Waals surface area contributed by atoms with E-state index in [1.165, 1.54) is 23.1 Å². The summed E-state index contributed by atoms with van der Waals surface area (Å²) in [5, 5.41) is 12.3. The number of carboxylic acid groups (broad SMARTS) is 1. The van der Waals surface area contributed by atoms with Crippen LogP contribution >= 0.6 is 0 Å². The number of aliphatic carboxylic acids is 1. The number of aromatic nitrogens is 2. The number of benzene rings is 4. The minimum Gasteiger partial charge on any atom is -0.482 e. The molecule has 2 aliphatic rings. The number of amides is 1. The number of hydrogen-bond donors (Lipinski definition) is 2. The Balaban J connectivity index is 1.26. The molecule has 7 nitrogen and oxygen atoms in total. The molecule has 0 radical (unpaired) electrons. The number of carboxylic acids is 1. The van der Waals surface area contributed by atoms with Crippen molar-refractivity contribution in [3.05, 3.63) is 119 Å². The topological polar surface area (TPSA) is 93.4 Å². The molecular weight excluding hydrogens is 622 g/mol. The second-order valence-corrected chi connectivity index (χ2v) is 15.2. The lowest BCUT2D eigenvalue weighted by Gasteiger charge is -2.56. The molecule has 0 bridgehead atoms. The number of rotatable bonds is 10. The van der Waals surface area contributed by atoms with E-state index in [0.717, 1.165) is 60.2 Å². The van der Waals surface area contributed by atoms with E-state index in [0.29, 0.717) is 29.7 Å². The van der Waals surface area contributed by atoms with Gasteiger partial charge < -0.3 is 19.7 Å². The van der Waals surface area contributed by atoms with Crippen LogP contribution in [0, 0.1) is 11.3 Å². The Kier molecular flexibility index (Phi) is 9.02. The molecule has 1 aromatic heterocycles. The first-order valence-electron chi connectivity index (χ1n) is 17.9. The summed E-state index contributed by atoms with van der Waals surface area (Å²) in [5.74, 6) is 1.09. The number of hydrogen-bond acceptors (Lipinski definition) is 4. The number of carbonyl (C=O) groups excluding carboxylic acids is 1. The first kappa shape index (κ1) is 33.6. The van der Waals surface area contributed by atoms with Crippen LogP contribution in [0.3, 0.4) is 0 Å². The van der Waals surface area contributed by atoms with Gasteiger partial charge in [-0.15, -0.1) is 0 Å². The Bertz CT molecular complexity index is 2050. The van der Waals surface area contributed by atoms with Gasteiger partial charge in [0.05, 0.1) is 11.0 Å². The Hall–Kier alpha value is -4.91. The van der Waals surface area contributed by atoms with Gasteiger partial charge >= 0.3 is 5.97 Å². The Morgan fingerprint density at radius 1 is 0.980 bits per heavy atom. The minimum absolute atomic E-state index is 0.00701. The second kappa shape index (κ2) is 13.4. The summed E-state index contributed by atoms with van der Waals surface area (Å²) in [6, 6.07) is 30.4. The first-order valence-corrected chi connectivity index (χ1v) is 17.9. The number of fused-ring (bicyclic) bond motifs is 4. The number of aryl methyl sites for hydroxylation is 1. The number of nitrogens with zero attached hydrogens (tertiary/aromatic N) is 2. The van der Waals surface area contributed by atoms with Crippen LogP contribution in [0.5, 0.6) is 5.75 Å². The summed E-state index contributed by atoms with van der Waals surface area (Å²) in [4.78, 5) is 29.7. The van der Waals surface area contributed by atoms with Crippen LogP contribution in [0.1, 0.15) is 91.9 Å². The lowest BCUT2D eigenvalue weighted by Crippen LogP contribution is -2.50. The van der Waals surface area contributed by atoms with Crippen LogP contribution in [0.25, 0.3) is 22.4 Å². The van der Waals surface area contributed by atoms with E-state index < -0.39 is 12.6 Å². The fourth-order valence-corrected chi connectivity index (χ4v) is 8.96. The lowest BCUT2D eigenvalue weighted by atomic mass is 9.49. The lowest BCUT2D eigenvalue weighted by molar-refractivity contribution is -0.139. The van der Waals surface area contributed by atoms with Gasteiger partial charge in [-0.1, -0.05) is 94.8 Å². The molecule has 7 rings (SSSR count).